The van der Waals surface area contributed by atoms with Crippen LogP contribution < -0.4 is 5.32 Å². The quantitative estimate of drug-likeness (QED) is 0.878. The summed E-state index contributed by atoms with van der Waals surface area (Å²) in [5, 5.41) is 3.27. The number of carbonyl (C=O) groups is 1. The molecule has 1 aromatic carbocycles. The van der Waals surface area contributed by atoms with Gasteiger partial charge in [-0.25, -0.2) is 0 Å². The Bertz CT molecular complexity index is 405. The monoisotopic (exact) mass is 253 g/mol. The molecule has 1 aliphatic rings. The van der Waals surface area contributed by atoms with Gasteiger partial charge in [0.15, 0.2) is 5.78 Å². The van der Waals surface area contributed by atoms with Crippen LogP contribution in [0.5, 0.6) is 0 Å². The minimum atomic E-state index is -0.427. The second-order valence-corrected chi connectivity index (χ2v) is 4.60. The van der Waals surface area contributed by atoms with Crippen LogP contribution in [0.1, 0.15) is 36.8 Å². The molecule has 94 valence electrons. The second-order valence-electron chi connectivity index (χ2n) is 4.60. The molecule has 17 heavy (non-hydrogen) atoms. The number of hydrogen-bond donors (Lipinski definition) is 1. The highest BCUT2D eigenvalue weighted by atomic mass is 35.5. The van der Waals surface area contributed by atoms with Crippen LogP contribution in [0.2, 0.25) is 0 Å². The first-order chi connectivity index (χ1) is 7.70. The van der Waals surface area contributed by atoms with Gasteiger partial charge < -0.3 is 5.32 Å². The van der Waals surface area contributed by atoms with E-state index in [0.717, 1.165) is 24.8 Å². The summed E-state index contributed by atoms with van der Waals surface area (Å²) in [5.74, 6) is 0.343. The summed E-state index contributed by atoms with van der Waals surface area (Å²) in [6, 6.07) is 8.20. The summed E-state index contributed by atoms with van der Waals surface area (Å²) in [4.78, 5) is 12.2. The maximum Gasteiger partial charge on any atom is 0.157 e. The molecule has 2 rings (SSSR count). The lowest BCUT2D eigenvalue weighted by atomic mass is 9.74. The Labute approximate surface area is 109 Å². The molecule has 1 fully saturated rings. The van der Waals surface area contributed by atoms with Crippen LogP contribution in [-0.2, 0) is 10.3 Å². The van der Waals surface area contributed by atoms with Crippen LogP contribution in [0.15, 0.2) is 24.3 Å². The summed E-state index contributed by atoms with van der Waals surface area (Å²) < 4.78 is 0. The van der Waals surface area contributed by atoms with Crippen molar-refractivity contribution in [2.45, 2.75) is 38.1 Å². The largest absolute Gasteiger partial charge is 0.304 e. The number of benzene rings is 1. The Hall–Kier alpha value is -0.860. The Balaban J connectivity index is 0.00000144. The van der Waals surface area contributed by atoms with Gasteiger partial charge in [0.25, 0.3) is 0 Å². The van der Waals surface area contributed by atoms with Gasteiger partial charge in [0.2, 0.25) is 0 Å². The first kappa shape index (κ1) is 14.2. The third-order valence-electron chi connectivity index (χ3n) is 3.71. The minimum absolute atomic E-state index is 0. The molecular formula is C14H20ClNO. The molecule has 1 N–H and O–H groups in total. The number of hydrogen-bond acceptors (Lipinski definition) is 2. The van der Waals surface area contributed by atoms with Crippen molar-refractivity contribution in [2.24, 2.45) is 0 Å². The van der Waals surface area contributed by atoms with E-state index in [-0.39, 0.29) is 12.4 Å². The second kappa shape index (κ2) is 5.65. The molecule has 0 spiro atoms. The number of nitrogens with one attached hydrogen (secondary N) is 1. The van der Waals surface area contributed by atoms with Gasteiger partial charge in [0, 0.05) is 6.42 Å². The van der Waals surface area contributed by atoms with Crippen molar-refractivity contribution in [1.29, 1.82) is 0 Å². The lowest BCUT2D eigenvalue weighted by Gasteiger charge is -2.37. The molecule has 2 nitrogen and oxygen atoms in total. The first-order valence-corrected chi connectivity index (χ1v) is 5.99. The molecule has 0 aromatic heterocycles. The number of carbonyl (C=O) groups excluding carboxylic acids is 1. The summed E-state index contributed by atoms with van der Waals surface area (Å²) in [6.45, 7) is 2.08. The van der Waals surface area contributed by atoms with E-state index in [1.54, 1.807) is 0 Å². The van der Waals surface area contributed by atoms with Gasteiger partial charge in [0.05, 0.1) is 0 Å². The fourth-order valence-corrected chi connectivity index (χ4v) is 2.76. The topological polar surface area (TPSA) is 29.1 Å². The van der Waals surface area contributed by atoms with Gasteiger partial charge in [-0.2, -0.15) is 0 Å². The van der Waals surface area contributed by atoms with Gasteiger partial charge >= 0.3 is 0 Å². The first-order valence-electron chi connectivity index (χ1n) is 5.99. The van der Waals surface area contributed by atoms with E-state index in [0.29, 0.717) is 12.2 Å². The van der Waals surface area contributed by atoms with Gasteiger partial charge in [0.1, 0.15) is 5.54 Å². The van der Waals surface area contributed by atoms with Gasteiger partial charge in [-0.1, -0.05) is 30.7 Å². The fraction of sp³-hybridized carbons (Fsp3) is 0.500. The lowest BCUT2D eigenvalue weighted by molar-refractivity contribution is -0.127. The van der Waals surface area contributed by atoms with E-state index in [2.05, 4.69) is 24.4 Å². The number of rotatable bonds is 2. The molecule has 1 aromatic rings. The summed E-state index contributed by atoms with van der Waals surface area (Å²) in [7, 11) is 1.90. The maximum absolute atomic E-state index is 12.2. The highest BCUT2D eigenvalue weighted by molar-refractivity contribution is 5.90. The van der Waals surface area contributed by atoms with Crippen molar-refractivity contribution in [3.63, 3.8) is 0 Å². The Morgan fingerprint density at radius 2 is 1.94 bits per heavy atom. The summed E-state index contributed by atoms with van der Waals surface area (Å²) >= 11 is 0. The molecule has 0 heterocycles. The van der Waals surface area contributed by atoms with Crippen molar-refractivity contribution >= 4 is 18.2 Å². The standard InChI is InChI=1S/C14H19NO.ClH/c1-11-7-3-4-8-12(11)14(15-2)10-6-5-9-13(14)16;/h3-4,7-8,15H,5-6,9-10H2,1-2H3;1H. The molecule has 3 heteroatoms. The Morgan fingerprint density at radius 1 is 1.24 bits per heavy atom. The molecular weight excluding hydrogens is 234 g/mol. The molecule has 1 atom stereocenters. The smallest absolute Gasteiger partial charge is 0.157 e. The Morgan fingerprint density at radius 3 is 2.53 bits per heavy atom. The number of Topliss-reactive ketones (excluding diaryl/α,β-unsaturated/α-hetero) is 1. The fourth-order valence-electron chi connectivity index (χ4n) is 2.76. The van der Waals surface area contributed by atoms with E-state index >= 15 is 0 Å². The molecule has 0 amide bonds. The summed E-state index contributed by atoms with van der Waals surface area (Å²) in [6.07, 6.45) is 3.79. The number of halogens is 1. The zero-order chi connectivity index (χ0) is 11.6. The number of aryl methyl sites for hydroxylation is 1. The van der Waals surface area contributed by atoms with Crippen molar-refractivity contribution in [3.05, 3.63) is 35.4 Å². The van der Waals surface area contributed by atoms with E-state index in [4.69, 9.17) is 0 Å². The van der Waals surface area contributed by atoms with Crippen LogP contribution in [0.4, 0.5) is 0 Å². The zero-order valence-electron chi connectivity index (χ0n) is 10.5. The van der Waals surface area contributed by atoms with Crippen LogP contribution in [0.25, 0.3) is 0 Å². The lowest BCUT2D eigenvalue weighted by Crippen LogP contribution is -2.49. The SMILES string of the molecule is CNC1(c2ccccc2C)CCCCC1=O.Cl. The number of likely N-dealkylation sites (N-methyl/N-ethyl adjacent to an activating group) is 1. The van der Waals surface area contributed by atoms with Crippen molar-refractivity contribution in [2.75, 3.05) is 7.05 Å². The predicted molar refractivity (Wildman–Crippen MR) is 72.6 cm³/mol. The normalized spacial score (nSPS) is 24.2. The third-order valence-corrected chi connectivity index (χ3v) is 3.71. The highest BCUT2D eigenvalue weighted by Crippen LogP contribution is 2.35. The van der Waals surface area contributed by atoms with E-state index in [1.807, 2.05) is 19.2 Å². The van der Waals surface area contributed by atoms with Crippen LogP contribution in [0.3, 0.4) is 0 Å². The van der Waals surface area contributed by atoms with Crippen molar-refractivity contribution in [1.82, 2.24) is 5.32 Å². The molecule has 0 bridgehead atoms. The van der Waals surface area contributed by atoms with Crippen molar-refractivity contribution in [3.8, 4) is 0 Å². The molecule has 0 aliphatic heterocycles. The van der Waals surface area contributed by atoms with Crippen LogP contribution in [-0.4, -0.2) is 12.8 Å². The maximum atomic E-state index is 12.2. The Kier molecular flexibility index (Phi) is 4.72. The van der Waals surface area contributed by atoms with E-state index in [1.165, 1.54) is 5.56 Å². The van der Waals surface area contributed by atoms with Crippen molar-refractivity contribution < 1.29 is 4.79 Å². The highest BCUT2D eigenvalue weighted by Gasteiger charge is 2.40. The molecule has 1 unspecified atom stereocenters. The third kappa shape index (κ3) is 2.38. The van der Waals surface area contributed by atoms with Crippen LogP contribution >= 0.6 is 12.4 Å². The minimum Gasteiger partial charge on any atom is -0.304 e. The van der Waals surface area contributed by atoms with Gasteiger partial charge in [-0.3, -0.25) is 4.79 Å². The van der Waals surface area contributed by atoms with Gasteiger partial charge in [-0.15, -0.1) is 12.4 Å². The summed E-state index contributed by atoms with van der Waals surface area (Å²) in [5.41, 5.74) is 1.93. The molecule has 0 radical (unpaired) electrons. The predicted octanol–water partition coefficient (Wildman–Crippen LogP) is 2.97. The van der Waals surface area contributed by atoms with Crippen LogP contribution in [0, 0.1) is 6.92 Å². The molecule has 0 saturated heterocycles. The molecule has 1 aliphatic carbocycles. The number of ketones is 1. The van der Waals surface area contributed by atoms with E-state index < -0.39 is 5.54 Å². The van der Waals surface area contributed by atoms with E-state index in [9.17, 15) is 4.79 Å². The zero-order valence-corrected chi connectivity index (χ0v) is 11.3. The van der Waals surface area contributed by atoms with Gasteiger partial charge in [-0.05, 0) is 37.9 Å². The average Bonchev–Trinajstić information content (AvgIpc) is 2.31. The molecule has 1 saturated carbocycles. The average molecular weight is 254 g/mol.